The zero-order chi connectivity index (χ0) is 9.03. The van der Waals surface area contributed by atoms with E-state index in [1.807, 2.05) is 0 Å². The fourth-order valence-corrected chi connectivity index (χ4v) is 1.71. The molecule has 0 N–H and O–H groups in total. The standard InChI is InChI=1S/C7H11ClO3S/c8-12(9,10)5-3-7-2-1-4-11-6-7/h3,5,7H,1-2,4,6H2/b5-3-. The number of halogens is 1. The molecule has 0 aromatic heterocycles. The lowest BCUT2D eigenvalue weighted by atomic mass is 10.0. The SMILES string of the molecule is O=S(=O)(Cl)/C=C\C1CCCOC1. The first-order valence-corrected chi connectivity index (χ1v) is 6.16. The van der Waals surface area contributed by atoms with E-state index < -0.39 is 9.05 Å². The summed E-state index contributed by atoms with van der Waals surface area (Å²) < 4.78 is 26.2. The molecule has 1 atom stereocenters. The highest BCUT2D eigenvalue weighted by Crippen LogP contribution is 2.15. The fourth-order valence-electron chi connectivity index (χ4n) is 1.12. The number of hydrogen-bond acceptors (Lipinski definition) is 3. The van der Waals surface area contributed by atoms with Gasteiger partial charge in [0.25, 0.3) is 9.05 Å². The summed E-state index contributed by atoms with van der Waals surface area (Å²) in [6.45, 7) is 1.38. The van der Waals surface area contributed by atoms with Gasteiger partial charge in [0.2, 0.25) is 0 Å². The maximum absolute atomic E-state index is 10.5. The van der Waals surface area contributed by atoms with Crippen LogP contribution >= 0.6 is 10.7 Å². The van der Waals surface area contributed by atoms with E-state index in [0.717, 1.165) is 24.9 Å². The van der Waals surface area contributed by atoms with Crippen LogP contribution in [0.5, 0.6) is 0 Å². The van der Waals surface area contributed by atoms with Crippen LogP contribution in [-0.2, 0) is 13.8 Å². The summed E-state index contributed by atoms with van der Waals surface area (Å²) >= 11 is 0. The Morgan fingerprint density at radius 2 is 2.25 bits per heavy atom. The van der Waals surface area contributed by atoms with Gasteiger partial charge in [-0.1, -0.05) is 6.08 Å². The van der Waals surface area contributed by atoms with Gasteiger partial charge in [-0.25, -0.2) is 8.42 Å². The second-order valence-electron chi connectivity index (χ2n) is 2.78. The third-order valence-electron chi connectivity index (χ3n) is 1.71. The Hall–Kier alpha value is -0.0600. The van der Waals surface area contributed by atoms with Gasteiger partial charge >= 0.3 is 0 Å². The predicted octanol–water partition coefficient (Wildman–Crippen LogP) is 1.50. The van der Waals surface area contributed by atoms with E-state index in [0.29, 0.717) is 6.61 Å². The molecular weight excluding hydrogens is 200 g/mol. The van der Waals surface area contributed by atoms with Gasteiger partial charge in [-0.3, -0.25) is 0 Å². The number of ether oxygens (including phenoxy) is 1. The molecule has 1 fully saturated rings. The summed E-state index contributed by atoms with van der Waals surface area (Å²) in [6, 6.07) is 0. The first kappa shape index (κ1) is 10.0. The smallest absolute Gasteiger partial charge is 0.254 e. The fraction of sp³-hybridized carbons (Fsp3) is 0.714. The summed E-state index contributed by atoms with van der Waals surface area (Å²) in [7, 11) is 1.51. The highest BCUT2D eigenvalue weighted by atomic mass is 35.7. The van der Waals surface area contributed by atoms with Crippen molar-refractivity contribution >= 4 is 19.7 Å². The molecule has 70 valence electrons. The maximum Gasteiger partial charge on any atom is 0.254 e. The van der Waals surface area contributed by atoms with Crippen LogP contribution < -0.4 is 0 Å². The number of hydrogen-bond donors (Lipinski definition) is 0. The molecule has 0 bridgehead atoms. The maximum atomic E-state index is 10.5. The second-order valence-corrected chi connectivity index (χ2v) is 5.30. The van der Waals surface area contributed by atoms with Crippen LogP contribution in [0.15, 0.2) is 11.5 Å². The third kappa shape index (κ3) is 4.09. The van der Waals surface area contributed by atoms with Crippen molar-refractivity contribution in [2.24, 2.45) is 5.92 Å². The van der Waals surface area contributed by atoms with E-state index >= 15 is 0 Å². The zero-order valence-corrected chi connectivity index (χ0v) is 8.14. The van der Waals surface area contributed by atoms with Crippen molar-refractivity contribution in [1.82, 2.24) is 0 Å². The highest BCUT2D eigenvalue weighted by molar-refractivity contribution is 8.16. The van der Waals surface area contributed by atoms with E-state index in [1.165, 1.54) is 0 Å². The van der Waals surface area contributed by atoms with E-state index in [9.17, 15) is 8.42 Å². The molecule has 0 aromatic rings. The Bertz CT molecular complexity index is 252. The van der Waals surface area contributed by atoms with Gasteiger partial charge in [-0.2, -0.15) is 0 Å². The van der Waals surface area contributed by atoms with Gasteiger partial charge in [-0.15, -0.1) is 0 Å². The van der Waals surface area contributed by atoms with Crippen LogP contribution in [-0.4, -0.2) is 21.6 Å². The quantitative estimate of drug-likeness (QED) is 0.649. The molecule has 1 aliphatic rings. The summed E-state index contributed by atoms with van der Waals surface area (Å²) in [5.74, 6) is 0.201. The molecule has 0 saturated carbocycles. The van der Waals surface area contributed by atoms with E-state index in [-0.39, 0.29) is 5.92 Å². The molecule has 0 spiro atoms. The molecule has 3 nitrogen and oxygen atoms in total. The van der Waals surface area contributed by atoms with Crippen molar-refractivity contribution in [1.29, 1.82) is 0 Å². The largest absolute Gasteiger partial charge is 0.381 e. The lowest BCUT2D eigenvalue weighted by Gasteiger charge is -2.18. The number of rotatable bonds is 2. The van der Waals surface area contributed by atoms with Crippen LogP contribution in [0.25, 0.3) is 0 Å². The van der Waals surface area contributed by atoms with Crippen molar-refractivity contribution in [3.63, 3.8) is 0 Å². The summed E-state index contributed by atoms with van der Waals surface area (Å²) in [5, 5.41) is 1.04. The van der Waals surface area contributed by atoms with Gasteiger partial charge in [0, 0.05) is 28.6 Å². The molecule has 1 rings (SSSR count). The minimum Gasteiger partial charge on any atom is -0.381 e. The minimum atomic E-state index is -3.49. The topological polar surface area (TPSA) is 43.4 Å². The van der Waals surface area contributed by atoms with Crippen LogP contribution in [0.1, 0.15) is 12.8 Å². The van der Waals surface area contributed by atoms with Gasteiger partial charge < -0.3 is 4.74 Å². The van der Waals surface area contributed by atoms with Crippen molar-refractivity contribution in [2.75, 3.05) is 13.2 Å². The average Bonchev–Trinajstić information content (AvgIpc) is 2.02. The average molecular weight is 211 g/mol. The van der Waals surface area contributed by atoms with Crippen molar-refractivity contribution in [2.45, 2.75) is 12.8 Å². The molecule has 1 saturated heterocycles. The zero-order valence-electron chi connectivity index (χ0n) is 6.57. The van der Waals surface area contributed by atoms with Gasteiger partial charge in [0.1, 0.15) is 0 Å². The van der Waals surface area contributed by atoms with Crippen LogP contribution in [0.4, 0.5) is 0 Å². The lowest BCUT2D eigenvalue weighted by molar-refractivity contribution is 0.0711. The molecule has 1 unspecified atom stereocenters. The lowest BCUT2D eigenvalue weighted by Crippen LogP contribution is -2.15. The van der Waals surface area contributed by atoms with Gasteiger partial charge in [0.05, 0.1) is 6.61 Å². The summed E-state index contributed by atoms with van der Waals surface area (Å²) in [6.07, 6.45) is 3.56. The van der Waals surface area contributed by atoms with Crippen molar-refractivity contribution < 1.29 is 13.2 Å². The van der Waals surface area contributed by atoms with Crippen molar-refractivity contribution in [3.8, 4) is 0 Å². The van der Waals surface area contributed by atoms with Crippen LogP contribution in [0, 0.1) is 5.92 Å². The normalized spacial score (nSPS) is 26.2. The molecule has 12 heavy (non-hydrogen) atoms. The Balaban J connectivity index is 2.44. The monoisotopic (exact) mass is 210 g/mol. The van der Waals surface area contributed by atoms with Gasteiger partial charge in [-0.05, 0) is 12.8 Å². The second kappa shape index (κ2) is 4.25. The van der Waals surface area contributed by atoms with Crippen LogP contribution in [0.2, 0.25) is 0 Å². The Morgan fingerprint density at radius 1 is 1.50 bits per heavy atom. The van der Waals surface area contributed by atoms with Gasteiger partial charge in [0.15, 0.2) is 0 Å². The van der Waals surface area contributed by atoms with Crippen molar-refractivity contribution in [3.05, 3.63) is 11.5 Å². The first-order valence-electron chi connectivity index (χ1n) is 3.78. The molecule has 0 aromatic carbocycles. The molecule has 1 aliphatic heterocycles. The minimum absolute atomic E-state index is 0.201. The molecule has 0 radical (unpaired) electrons. The Morgan fingerprint density at radius 3 is 2.75 bits per heavy atom. The third-order valence-corrected chi connectivity index (χ3v) is 2.50. The Labute approximate surface area is 76.8 Å². The predicted molar refractivity (Wildman–Crippen MR) is 47.5 cm³/mol. The molecular formula is C7H11ClO3S. The molecule has 5 heteroatoms. The molecule has 1 heterocycles. The Kier molecular flexibility index (Phi) is 3.55. The van der Waals surface area contributed by atoms with E-state index in [4.69, 9.17) is 15.4 Å². The summed E-state index contributed by atoms with van der Waals surface area (Å²) in [4.78, 5) is 0. The van der Waals surface area contributed by atoms with E-state index in [2.05, 4.69) is 0 Å². The molecule has 0 aliphatic carbocycles. The van der Waals surface area contributed by atoms with E-state index in [1.54, 1.807) is 6.08 Å². The van der Waals surface area contributed by atoms with Crippen LogP contribution in [0.3, 0.4) is 0 Å². The molecule has 0 amide bonds. The first-order chi connectivity index (χ1) is 5.58. The highest BCUT2D eigenvalue weighted by Gasteiger charge is 2.11. The summed E-state index contributed by atoms with van der Waals surface area (Å²) in [5.41, 5.74) is 0.